The summed E-state index contributed by atoms with van der Waals surface area (Å²) in [6, 6.07) is 59.9. The van der Waals surface area contributed by atoms with Gasteiger partial charge in [-0.3, -0.25) is 0 Å². The van der Waals surface area contributed by atoms with E-state index in [1.165, 1.54) is 44.5 Å². The second-order valence-electron chi connectivity index (χ2n) is 13.4. The van der Waals surface area contributed by atoms with Gasteiger partial charge in [-0.05, 0) is 56.6 Å². The zero-order chi connectivity index (χ0) is 34.4. The normalized spacial score (nSPS) is 13.5. The van der Waals surface area contributed by atoms with Crippen molar-refractivity contribution in [1.29, 1.82) is 0 Å². The molecular weight excluding hydrogens is 619 g/mol. The molecular formula is C48H29N3. The lowest BCUT2D eigenvalue weighted by Crippen LogP contribution is -2.25. The van der Waals surface area contributed by atoms with Crippen molar-refractivity contribution in [3.05, 3.63) is 198 Å². The zero-order valence-electron chi connectivity index (χ0n) is 28.5. The van der Waals surface area contributed by atoms with Crippen LogP contribution in [0.5, 0.6) is 0 Å². The summed E-state index contributed by atoms with van der Waals surface area (Å²) in [4.78, 5) is 15.8. The highest BCUT2D eigenvalue weighted by molar-refractivity contribution is 6.09. The summed E-state index contributed by atoms with van der Waals surface area (Å²) in [5.74, 6) is 0.633. The minimum Gasteiger partial charge on any atom is -0.245 e. The van der Waals surface area contributed by atoms with Crippen LogP contribution >= 0.6 is 0 Å². The van der Waals surface area contributed by atoms with Crippen molar-refractivity contribution in [1.82, 2.24) is 15.0 Å². The molecule has 3 heteroatoms. The van der Waals surface area contributed by atoms with Crippen LogP contribution in [0.4, 0.5) is 0 Å². The predicted molar refractivity (Wildman–Crippen MR) is 207 cm³/mol. The van der Waals surface area contributed by atoms with Gasteiger partial charge in [0.05, 0.1) is 23.7 Å². The molecule has 0 N–H and O–H groups in total. The van der Waals surface area contributed by atoms with E-state index < -0.39 is 5.41 Å². The third-order valence-electron chi connectivity index (χ3n) is 10.8. The second-order valence-corrected chi connectivity index (χ2v) is 13.4. The van der Waals surface area contributed by atoms with Crippen molar-refractivity contribution in [3.8, 4) is 56.2 Å². The van der Waals surface area contributed by atoms with Crippen LogP contribution in [-0.4, -0.2) is 15.0 Å². The fourth-order valence-electron chi connectivity index (χ4n) is 8.74. The fraction of sp³-hybridized carbons (Fsp3) is 0.0208. The molecule has 2 aliphatic rings. The highest BCUT2D eigenvalue weighted by Crippen LogP contribution is 2.63. The first-order valence-electron chi connectivity index (χ1n) is 17.9. The Morgan fingerprint density at radius 3 is 1.69 bits per heavy atom. The monoisotopic (exact) mass is 648 g/mol. The molecule has 0 saturated heterocycles. The molecule has 236 valence electrons. The van der Waals surface area contributed by atoms with E-state index in [2.05, 4.69) is 103 Å². The molecule has 11 rings (SSSR count). The minimum absolute atomic E-state index is 0.415. The second kappa shape index (κ2) is 10.6. The van der Waals surface area contributed by atoms with Crippen LogP contribution in [0.3, 0.4) is 0 Å². The summed E-state index contributed by atoms with van der Waals surface area (Å²) in [7, 11) is 0. The van der Waals surface area contributed by atoms with Gasteiger partial charge in [-0.2, -0.15) is 0 Å². The van der Waals surface area contributed by atoms with Gasteiger partial charge in [-0.25, -0.2) is 15.0 Å². The maximum atomic E-state index is 9.38. The van der Waals surface area contributed by atoms with Crippen molar-refractivity contribution in [2.24, 2.45) is 0 Å². The summed E-state index contributed by atoms with van der Waals surface area (Å²) in [5.41, 5.74) is 15.6. The molecule has 0 radical (unpaired) electrons. The smallest absolute Gasteiger partial charge is 0.160 e. The van der Waals surface area contributed by atoms with E-state index in [1.54, 1.807) is 0 Å². The van der Waals surface area contributed by atoms with Gasteiger partial charge in [0.2, 0.25) is 0 Å². The first-order chi connectivity index (χ1) is 25.7. The molecule has 2 aromatic heterocycles. The Kier molecular flexibility index (Phi) is 5.67. The van der Waals surface area contributed by atoms with Gasteiger partial charge in [-0.1, -0.05) is 164 Å². The molecule has 0 unspecified atom stereocenters. The van der Waals surface area contributed by atoms with Crippen LogP contribution in [0.2, 0.25) is 0 Å². The van der Waals surface area contributed by atoms with Gasteiger partial charge < -0.3 is 0 Å². The van der Waals surface area contributed by atoms with Crippen molar-refractivity contribution in [2.75, 3.05) is 0 Å². The van der Waals surface area contributed by atoms with Gasteiger partial charge in [-0.15, -0.1) is 0 Å². The van der Waals surface area contributed by atoms with E-state index >= 15 is 0 Å². The lowest BCUT2D eigenvalue weighted by molar-refractivity contribution is 0.794. The number of hydrogen-bond donors (Lipinski definition) is 0. The highest BCUT2D eigenvalue weighted by atomic mass is 14.9. The Bertz CT molecular complexity index is 2870. The van der Waals surface area contributed by atoms with E-state index in [0.29, 0.717) is 17.4 Å². The molecule has 0 aliphatic heterocycles. The van der Waals surface area contributed by atoms with Gasteiger partial charge in [0.25, 0.3) is 0 Å². The van der Waals surface area contributed by atoms with E-state index in [0.717, 1.165) is 44.4 Å². The van der Waals surface area contributed by atoms with Crippen LogP contribution < -0.4 is 0 Å². The highest BCUT2D eigenvalue weighted by Gasteiger charge is 2.52. The van der Waals surface area contributed by atoms with Gasteiger partial charge in [0, 0.05) is 27.5 Å². The Labute approximate surface area is 297 Å². The van der Waals surface area contributed by atoms with Crippen LogP contribution in [0.25, 0.3) is 78.0 Å². The standard InChI is InChI=1S/C48H29N3/c1-3-14-30(15-4-1)44-37-28-26-31-27-29-42(49-45(31)46(37)51-47(50-44)32-16-5-2-6-17-32)36-21-13-25-41-43(36)35-20-9-12-24-40(35)48(41)38-22-10-7-18-33(38)34-19-8-11-23-39(34)48/h1-29H/i27D. The zero-order valence-corrected chi connectivity index (χ0v) is 27.5. The topological polar surface area (TPSA) is 38.7 Å². The third kappa shape index (κ3) is 3.86. The molecule has 0 saturated carbocycles. The Morgan fingerprint density at radius 1 is 0.412 bits per heavy atom. The maximum absolute atomic E-state index is 9.38. The Balaban J connectivity index is 1.21. The largest absolute Gasteiger partial charge is 0.245 e. The maximum Gasteiger partial charge on any atom is 0.160 e. The number of aromatic nitrogens is 3. The van der Waals surface area contributed by atoms with Crippen molar-refractivity contribution >= 4 is 21.8 Å². The third-order valence-corrected chi connectivity index (χ3v) is 10.8. The molecule has 9 aromatic rings. The molecule has 0 bridgehead atoms. The lowest BCUT2D eigenvalue weighted by atomic mass is 9.70. The Hall–Kier alpha value is -6.71. The number of rotatable bonds is 3. The molecule has 51 heavy (non-hydrogen) atoms. The number of pyridine rings is 1. The van der Waals surface area contributed by atoms with E-state index in [1.807, 2.05) is 66.7 Å². The molecule has 3 nitrogen and oxygen atoms in total. The Morgan fingerprint density at radius 2 is 0.980 bits per heavy atom. The predicted octanol–water partition coefficient (Wildman–Crippen LogP) is 11.5. The number of hydrogen-bond acceptors (Lipinski definition) is 3. The first-order valence-corrected chi connectivity index (χ1v) is 17.4. The van der Waals surface area contributed by atoms with Gasteiger partial charge >= 0.3 is 0 Å². The molecule has 0 atom stereocenters. The summed E-state index contributed by atoms with van der Waals surface area (Å²) in [6.45, 7) is 0. The van der Waals surface area contributed by atoms with Crippen LogP contribution in [0.15, 0.2) is 176 Å². The summed E-state index contributed by atoms with van der Waals surface area (Å²) < 4.78 is 9.38. The molecule has 7 aromatic carbocycles. The molecule has 1 spiro atoms. The first kappa shape index (κ1) is 27.2. The summed E-state index contributed by atoms with van der Waals surface area (Å²) in [6.07, 6.45) is 0. The van der Waals surface area contributed by atoms with Crippen LogP contribution in [0, 0.1) is 0 Å². The summed E-state index contributed by atoms with van der Waals surface area (Å²) in [5, 5.41) is 1.67. The average molecular weight is 649 g/mol. The van der Waals surface area contributed by atoms with Crippen molar-refractivity contribution < 1.29 is 1.37 Å². The van der Waals surface area contributed by atoms with Crippen molar-refractivity contribution in [3.63, 3.8) is 0 Å². The van der Waals surface area contributed by atoms with Crippen molar-refractivity contribution in [2.45, 2.75) is 5.41 Å². The van der Waals surface area contributed by atoms with E-state index in [4.69, 9.17) is 15.0 Å². The molecule has 0 fully saturated rings. The van der Waals surface area contributed by atoms with Gasteiger partial charge in [0.15, 0.2) is 5.82 Å². The molecule has 2 heterocycles. The SMILES string of the molecule is [2H]c1cc(-c2cccc3c2-c2ccccc2C32c3ccccc3-c3ccccc32)nc2c1ccc1c(-c3ccccc3)nc(-c3ccccc3)nc12. The van der Waals surface area contributed by atoms with Crippen LogP contribution in [-0.2, 0) is 5.41 Å². The number of benzene rings is 7. The van der Waals surface area contributed by atoms with Gasteiger partial charge in [0.1, 0.15) is 5.52 Å². The lowest BCUT2D eigenvalue weighted by Gasteiger charge is -2.30. The average Bonchev–Trinajstić information content (AvgIpc) is 3.69. The quantitative estimate of drug-likeness (QED) is 0.179. The van der Waals surface area contributed by atoms with E-state index in [9.17, 15) is 1.37 Å². The summed E-state index contributed by atoms with van der Waals surface area (Å²) >= 11 is 0. The minimum atomic E-state index is -0.454. The number of nitrogens with zero attached hydrogens (tertiary/aromatic N) is 3. The molecule has 0 amide bonds. The van der Waals surface area contributed by atoms with E-state index in [-0.39, 0.29) is 0 Å². The fourth-order valence-corrected chi connectivity index (χ4v) is 8.74. The molecule has 2 aliphatic carbocycles. The van der Waals surface area contributed by atoms with Crippen LogP contribution in [0.1, 0.15) is 23.6 Å². The number of fused-ring (bicyclic) bond motifs is 13.